The van der Waals surface area contributed by atoms with Gasteiger partial charge in [0.05, 0.1) is 7.11 Å². The molecule has 92 valence electrons. The van der Waals surface area contributed by atoms with E-state index in [2.05, 4.69) is 5.32 Å². The van der Waals surface area contributed by atoms with Gasteiger partial charge >= 0.3 is 5.97 Å². The molecule has 1 atom stereocenters. The Morgan fingerprint density at radius 2 is 2.24 bits per heavy atom. The van der Waals surface area contributed by atoms with Gasteiger partial charge in [-0.05, 0) is 37.5 Å². The van der Waals surface area contributed by atoms with Gasteiger partial charge < -0.3 is 9.84 Å². The molecule has 2 rings (SSSR count). The Morgan fingerprint density at radius 3 is 2.76 bits per heavy atom. The van der Waals surface area contributed by atoms with Crippen LogP contribution in [0.5, 0.6) is 5.75 Å². The monoisotopic (exact) mass is 235 g/mol. The summed E-state index contributed by atoms with van der Waals surface area (Å²) >= 11 is 0. The lowest BCUT2D eigenvalue weighted by molar-refractivity contribution is -0.144. The molecule has 1 aliphatic rings. The molecule has 0 aromatic heterocycles. The van der Waals surface area contributed by atoms with Crippen molar-refractivity contribution in [3.05, 3.63) is 29.8 Å². The molecule has 17 heavy (non-hydrogen) atoms. The van der Waals surface area contributed by atoms with Gasteiger partial charge in [0, 0.05) is 6.04 Å². The number of aliphatic carboxylic acids is 1. The number of methoxy groups -OCH3 is 1. The van der Waals surface area contributed by atoms with Gasteiger partial charge in [-0.1, -0.05) is 12.1 Å². The summed E-state index contributed by atoms with van der Waals surface area (Å²) in [6, 6.07) is 7.52. The maximum absolute atomic E-state index is 11.5. The van der Waals surface area contributed by atoms with Crippen LogP contribution in [0.2, 0.25) is 0 Å². The molecule has 0 bridgehead atoms. The summed E-state index contributed by atoms with van der Waals surface area (Å²) in [4.78, 5) is 11.5. The van der Waals surface area contributed by atoms with Crippen molar-refractivity contribution in [2.24, 2.45) is 0 Å². The molecule has 1 fully saturated rings. The SMILES string of the molecule is COc1cccc(C(C)(NC2CC2)C(=O)O)c1. The number of carboxylic acid groups (broad SMARTS) is 1. The Morgan fingerprint density at radius 1 is 1.53 bits per heavy atom. The largest absolute Gasteiger partial charge is 0.497 e. The lowest BCUT2D eigenvalue weighted by Crippen LogP contribution is -2.47. The highest BCUT2D eigenvalue weighted by atomic mass is 16.5. The number of ether oxygens (including phenoxy) is 1. The quantitative estimate of drug-likeness (QED) is 0.816. The van der Waals surface area contributed by atoms with E-state index >= 15 is 0 Å². The molecule has 0 aliphatic heterocycles. The van der Waals surface area contributed by atoms with E-state index in [1.54, 1.807) is 20.1 Å². The number of rotatable bonds is 5. The molecule has 4 nitrogen and oxygen atoms in total. The summed E-state index contributed by atoms with van der Waals surface area (Å²) in [6.45, 7) is 1.70. The van der Waals surface area contributed by atoms with Crippen molar-refractivity contribution in [3.8, 4) is 5.75 Å². The summed E-state index contributed by atoms with van der Waals surface area (Å²) in [5.74, 6) is -0.190. The van der Waals surface area contributed by atoms with E-state index in [0.717, 1.165) is 18.4 Å². The number of carboxylic acids is 1. The minimum atomic E-state index is -1.05. The van der Waals surface area contributed by atoms with Gasteiger partial charge in [0.2, 0.25) is 0 Å². The van der Waals surface area contributed by atoms with Crippen molar-refractivity contribution < 1.29 is 14.6 Å². The van der Waals surface area contributed by atoms with Crippen molar-refractivity contribution in [2.75, 3.05) is 7.11 Å². The van der Waals surface area contributed by atoms with Gasteiger partial charge in [-0.3, -0.25) is 5.32 Å². The van der Waals surface area contributed by atoms with Crippen LogP contribution in [0, 0.1) is 0 Å². The maximum atomic E-state index is 11.5. The van der Waals surface area contributed by atoms with Gasteiger partial charge in [-0.15, -0.1) is 0 Å². The van der Waals surface area contributed by atoms with E-state index in [1.165, 1.54) is 0 Å². The van der Waals surface area contributed by atoms with E-state index in [0.29, 0.717) is 11.8 Å². The first-order chi connectivity index (χ1) is 8.06. The van der Waals surface area contributed by atoms with Crippen molar-refractivity contribution in [2.45, 2.75) is 31.3 Å². The second kappa shape index (κ2) is 4.37. The minimum Gasteiger partial charge on any atom is -0.497 e. The predicted octanol–water partition coefficient (Wildman–Crippen LogP) is 1.75. The van der Waals surface area contributed by atoms with E-state index < -0.39 is 11.5 Å². The average molecular weight is 235 g/mol. The normalized spacial score (nSPS) is 18.5. The third-order valence-electron chi connectivity index (χ3n) is 3.14. The lowest BCUT2D eigenvalue weighted by atomic mass is 9.91. The molecule has 1 aromatic rings. The second-order valence-electron chi connectivity index (χ2n) is 4.58. The third kappa shape index (κ3) is 2.42. The van der Waals surface area contributed by atoms with Crippen LogP contribution in [0.3, 0.4) is 0 Å². The molecule has 4 heteroatoms. The van der Waals surface area contributed by atoms with Crippen molar-refractivity contribution in [3.63, 3.8) is 0 Å². The zero-order chi connectivity index (χ0) is 12.5. The zero-order valence-corrected chi connectivity index (χ0v) is 10.1. The highest BCUT2D eigenvalue weighted by Crippen LogP contribution is 2.30. The zero-order valence-electron chi connectivity index (χ0n) is 10.1. The first-order valence-electron chi connectivity index (χ1n) is 5.72. The Kier molecular flexibility index (Phi) is 3.07. The van der Waals surface area contributed by atoms with E-state index in [-0.39, 0.29) is 0 Å². The number of hydrogen-bond acceptors (Lipinski definition) is 3. The summed E-state index contributed by atoms with van der Waals surface area (Å²) < 4.78 is 5.13. The van der Waals surface area contributed by atoms with Crippen LogP contribution in [0.15, 0.2) is 24.3 Å². The fourth-order valence-corrected chi connectivity index (χ4v) is 1.84. The average Bonchev–Trinajstić information content (AvgIpc) is 3.12. The summed E-state index contributed by atoms with van der Waals surface area (Å²) in [7, 11) is 1.57. The number of benzene rings is 1. The van der Waals surface area contributed by atoms with Gasteiger partial charge in [0.1, 0.15) is 11.3 Å². The van der Waals surface area contributed by atoms with Crippen LogP contribution < -0.4 is 10.1 Å². The van der Waals surface area contributed by atoms with Crippen LogP contribution in [0.4, 0.5) is 0 Å². The van der Waals surface area contributed by atoms with Gasteiger partial charge in [-0.2, -0.15) is 0 Å². The fraction of sp³-hybridized carbons (Fsp3) is 0.462. The van der Waals surface area contributed by atoms with Crippen molar-refractivity contribution >= 4 is 5.97 Å². The molecule has 1 aromatic carbocycles. The fourth-order valence-electron chi connectivity index (χ4n) is 1.84. The summed E-state index contributed by atoms with van der Waals surface area (Å²) in [5, 5.41) is 12.6. The van der Waals surface area contributed by atoms with E-state index in [1.807, 2.05) is 18.2 Å². The Bertz CT molecular complexity index is 428. The van der Waals surface area contributed by atoms with Crippen LogP contribution >= 0.6 is 0 Å². The van der Waals surface area contributed by atoms with Gasteiger partial charge in [0.25, 0.3) is 0 Å². The molecule has 0 heterocycles. The highest BCUT2D eigenvalue weighted by Gasteiger charge is 2.40. The van der Waals surface area contributed by atoms with Crippen LogP contribution in [-0.4, -0.2) is 24.2 Å². The maximum Gasteiger partial charge on any atom is 0.328 e. The third-order valence-corrected chi connectivity index (χ3v) is 3.14. The van der Waals surface area contributed by atoms with Gasteiger partial charge in [-0.25, -0.2) is 4.79 Å². The Labute approximate surface area is 101 Å². The Balaban J connectivity index is 2.33. The van der Waals surface area contributed by atoms with E-state index in [4.69, 9.17) is 4.74 Å². The van der Waals surface area contributed by atoms with Crippen LogP contribution in [0.1, 0.15) is 25.3 Å². The van der Waals surface area contributed by atoms with Gasteiger partial charge in [0.15, 0.2) is 0 Å². The number of hydrogen-bond donors (Lipinski definition) is 2. The summed E-state index contributed by atoms with van der Waals surface area (Å²) in [5.41, 5.74) is -0.327. The molecule has 1 aliphatic carbocycles. The number of carbonyl (C=O) groups is 1. The molecule has 0 radical (unpaired) electrons. The first kappa shape index (κ1) is 11.9. The second-order valence-corrected chi connectivity index (χ2v) is 4.58. The predicted molar refractivity (Wildman–Crippen MR) is 64.1 cm³/mol. The van der Waals surface area contributed by atoms with E-state index in [9.17, 15) is 9.90 Å². The first-order valence-corrected chi connectivity index (χ1v) is 5.72. The molecule has 1 unspecified atom stereocenters. The van der Waals surface area contributed by atoms with Crippen molar-refractivity contribution in [1.82, 2.24) is 5.32 Å². The molecule has 0 saturated heterocycles. The van der Waals surface area contributed by atoms with Crippen molar-refractivity contribution in [1.29, 1.82) is 0 Å². The smallest absolute Gasteiger partial charge is 0.328 e. The number of nitrogens with one attached hydrogen (secondary N) is 1. The lowest BCUT2D eigenvalue weighted by Gasteiger charge is -2.27. The van der Waals surface area contributed by atoms with Crippen LogP contribution in [0.25, 0.3) is 0 Å². The molecular formula is C13H17NO3. The van der Waals surface area contributed by atoms with Crippen LogP contribution in [-0.2, 0) is 10.3 Å². The highest BCUT2D eigenvalue weighted by molar-refractivity contribution is 5.80. The standard InChI is InChI=1S/C13H17NO3/c1-13(12(15)16,14-10-6-7-10)9-4-3-5-11(8-9)17-2/h3-5,8,10,14H,6-7H2,1-2H3,(H,15,16). The molecule has 1 saturated carbocycles. The molecule has 0 spiro atoms. The topological polar surface area (TPSA) is 58.6 Å². The molecule has 2 N–H and O–H groups in total. The Hall–Kier alpha value is -1.55. The molecule has 0 amide bonds. The molecular weight excluding hydrogens is 218 g/mol. The summed E-state index contributed by atoms with van der Waals surface area (Å²) in [6.07, 6.45) is 2.10. The minimum absolute atomic E-state index is 0.322.